The lowest BCUT2D eigenvalue weighted by Crippen LogP contribution is -2.23. The summed E-state index contributed by atoms with van der Waals surface area (Å²) in [5, 5.41) is -0.558. The molecule has 0 aliphatic carbocycles. The van der Waals surface area contributed by atoms with Crippen molar-refractivity contribution in [3.63, 3.8) is 0 Å². The van der Waals surface area contributed by atoms with E-state index in [9.17, 15) is 13.2 Å². The van der Waals surface area contributed by atoms with Crippen LogP contribution in [0.5, 0.6) is 0 Å². The third-order valence-electron chi connectivity index (χ3n) is 2.13. The van der Waals surface area contributed by atoms with Gasteiger partial charge in [0.2, 0.25) is 0 Å². The molecule has 0 amide bonds. The predicted octanol–water partition coefficient (Wildman–Crippen LogP) is 1.86. The van der Waals surface area contributed by atoms with E-state index in [4.69, 9.17) is 10.3 Å². The van der Waals surface area contributed by atoms with Crippen LogP contribution in [0.15, 0.2) is 12.2 Å². The SMILES string of the molecule is C=C(C)C(=O)OC(C)N.CCCC(CC)S(=O)(=O)O. The van der Waals surface area contributed by atoms with Crippen LogP contribution in [0.3, 0.4) is 0 Å². The van der Waals surface area contributed by atoms with Crippen LogP contribution in [0.2, 0.25) is 0 Å². The van der Waals surface area contributed by atoms with Crippen molar-refractivity contribution in [3.05, 3.63) is 12.2 Å². The summed E-state index contributed by atoms with van der Waals surface area (Å²) in [7, 11) is -3.78. The van der Waals surface area contributed by atoms with E-state index in [1.165, 1.54) is 0 Å². The molecule has 0 aromatic heterocycles. The molecular formula is C12H25NO5S. The van der Waals surface area contributed by atoms with Crippen LogP contribution in [0.25, 0.3) is 0 Å². The van der Waals surface area contributed by atoms with Crippen molar-refractivity contribution in [2.45, 2.75) is 58.4 Å². The largest absolute Gasteiger partial charge is 0.444 e. The monoisotopic (exact) mass is 295 g/mol. The number of esters is 1. The first-order valence-electron chi connectivity index (χ1n) is 6.14. The van der Waals surface area contributed by atoms with Gasteiger partial charge in [0, 0.05) is 5.57 Å². The molecule has 0 fully saturated rings. The Morgan fingerprint density at radius 3 is 2.00 bits per heavy atom. The lowest BCUT2D eigenvalue weighted by Gasteiger charge is -2.08. The highest BCUT2D eigenvalue weighted by Gasteiger charge is 2.18. The lowest BCUT2D eigenvalue weighted by molar-refractivity contribution is -0.143. The van der Waals surface area contributed by atoms with Crippen molar-refractivity contribution in [3.8, 4) is 0 Å². The first kappa shape index (κ1) is 20.4. The first-order chi connectivity index (χ1) is 8.56. The van der Waals surface area contributed by atoms with Gasteiger partial charge in [0.15, 0.2) is 0 Å². The molecule has 0 aromatic rings. The maximum atomic E-state index is 10.6. The van der Waals surface area contributed by atoms with Crippen molar-refractivity contribution in [1.82, 2.24) is 0 Å². The second-order valence-electron chi connectivity index (χ2n) is 4.22. The summed E-state index contributed by atoms with van der Waals surface area (Å²) < 4.78 is 34.1. The highest BCUT2D eigenvalue weighted by molar-refractivity contribution is 7.86. The summed E-state index contributed by atoms with van der Waals surface area (Å²) in [4.78, 5) is 10.6. The van der Waals surface area contributed by atoms with Crippen molar-refractivity contribution < 1.29 is 22.5 Å². The molecular weight excluding hydrogens is 270 g/mol. The Kier molecular flexibility index (Phi) is 10.7. The topological polar surface area (TPSA) is 107 Å². The van der Waals surface area contributed by atoms with Gasteiger partial charge in [0.1, 0.15) is 6.23 Å². The van der Waals surface area contributed by atoms with Crippen molar-refractivity contribution in [1.29, 1.82) is 0 Å². The second kappa shape index (κ2) is 9.94. The van der Waals surface area contributed by atoms with Crippen LogP contribution in [-0.2, 0) is 19.6 Å². The van der Waals surface area contributed by atoms with Gasteiger partial charge in [-0.25, -0.2) is 4.79 Å². The van der Waals surface area contributed by atoms with E-state index in [0.717, 1.165) is 6.42 Å². The first-order valence-corrected chi connectivity index (χ1v) is 7.64. The minimum atomic E-state index is -3.78. The standard InChI is InChI=1S/C6H11NO2.C6H14O3S/c1-4(2)6(8)9-5(3)7;1-3-5-6(4-2)10(7,8)9/h5H,1,7H2,2-3H3;6H,3-5H2,1-2H3,(H,7,8,9). The average molecular weight is 295 g/mol. The van der Waals surface area contributed by atoms with Crippen molar-refractivity contribution in [2.75, 3.05) is 0 Å². The molecule has 0 heterocycles. The fourth-order valence-electron chi connectivity index (χ4n) is 1.16. The molecule has 0 bridgehead atoms. The number of nitrogens with two attached hydrogens (primary N) is 1. The Hall–Kier alpha value is -0.920. The Morgan fingerprint density at radius 2 is 1.89 bits per heavy atom. The molecule has 0 saturated carbocycles. The van der Waals surface area contributed by atoms with E-state index < -0.39 is 27.6 Å². The zero-order valence-corrected chi connectivity index (χ0v) is 12.9. The van der Waals surface area contributed by atoms with Gasteiger partial charge in [-0.2, -0.15) is 8.42 Å². The second-order valence-corrected chi connectivity index (χ2v) is 5.92. The number of hydrogen-bond donors (Lipinski definition) is 2. The van der Waals surface area contributed by atoms with Crippen LogP contribution in [0.1, 0.15) is 47.0 Å². The van der Waals surface area contributed by atoms with E-state index in [1.807, 2.05) is 6.92 Å². The Labute approximate surface area is 115 Å². The fraction of sp³-hybridized carbons (Fsp3) is 0.750. The van der Waals surface area contributed by atoms with E-state index in [-0.39, 0.29) is 0 Å². The number of carbonyl (C=O) groups excluding carboxylic acids is 1. The molecule has 0 aromatic carbocycles. The van der Waals surface area contributed by atoms with Crippen LogP contribution >= 0.6 is 0 Å². The number of hydrogen-bond acceptors (Lipinski definition) is 5. The summed E-state index contributed by atoms with van der Waals surface area (Å²) in [5.41, 5.74) is 5.51. The quantitative estimate of drug-likeness (QED) is 0.335. The van der Waals surface area contributed by atoms with Crippen LogP contribution in [0, 0.1) is 0 Å². The minimum Gasteiger partial charge on any atom is -0.444 e. The van der Waals surface area contributed by atoms with E-state index >= 15 is 0 Å². The summed E-state index contributed by atoms with van der Waals surface area (Å²) in [6.07, 6.45) is 1.29. The molecule has 6 nitrogen and oxygen atoms in total. The summed E-state index contributed by atoms with van der Waals surface area (Å²) in [6, 6.07) is 0. The molecule has 114 valence electrons. The highest BCUT2D eigenvalue weighted by atomic mass is 32.2. The molecule has 0 aliphatic rings. The Bertz CT molecular complexity index is 376. The van der Waals surface area contributed by atoms with Crippen LogP contribution in [-0.4, -0.2) is 30.4 Å². The predicted molar refractivity (Wildman–Crippen MR) is 75.1 cm³/mol. The molecule has 19 heavy (non-hydrogen) atoms. The molecule has 0 spiro atoms. The van der Waals surface area contributed by atoms with Gasteiger partial charge < -0.3 is 4.74 Å². The Balaban J connectivity index is 0. The molecule has 0 radical (unpaired) electrons. The van der Waals surface area contributed by atoms with E-state index in [0.29, 0.717) is 18.4 Å². The fourth-order valence-corrected chi connectivity index (χ4v) is 2.11. The summed E-state index contributed by atoms with van der Waals surface area (Å²) in [6.45, 7) is 10.2. The zero-order chi connectivity index (χ0) is 15.6. The summed E-state index contributed by atoms with van der Waals surface area (Å²) in [5.74, 6) is -0.440. The van der Waals surface area contributed by atoms with Gasteiger partial charge in [-0.1, -0.05) is 26.8 Å². The molecule has 7 heteroatoms. The van der Waals surface area contributed by atoms with Gasteiger partial charge >= 0.3 is 5.97 Å². The van der Waals surface area contributed by atoms with E-state index in [2.05, 4.69) is 11.3 Å². The van der Waals surface area contributed by atoms with Gasteiger partial charge in [0.05, 0.1) is 5.25 Å². The van der Waals surface area contributed by atoms with Crippen LogP contribution in [0.4, 0.5) is 0 Å². The third-order valence-corrected chi connectivity index (χ3v) is 3.54. The number of rotatable bonds is 6. The molecule has 0 saturated heterocycles. The minimum absolute atomic E-state index is 0.368. The summed E-state index contributed by atoms with van der Waals surface area (Å²) >= 11 is 0. The van der Waals surface area contributed by atoms with Crippen molar-refractivity contribution >= 4 is 16.1 Å². The molecule has 2 unspecified atom stereocenters. The Morgan fingerprint density at radius 1 is 1.42 bits per heavy atom. The maximum Gasteiger partial charge on any atom is 0.334 e. The molecule has 0 rings (SSSR count). The van der Waals surface area contributed by atoms with Gasteiger partial charge in [0.25, 0.3) is 10.1 Å². The normalized spacial score (nSPS) is 13.8. The lowest BCUT2D eigenvalue weighted by atomic mass is 10.2. The molecule has 3 N–H and O–H groups in total. The van der Waals surface area contributed by atoms with Crippen molar-refractivity contribution in [2.24, 2.45) is 5.73 Å². The smallest absolute Gasteiger partial charge is 0.334 e. The van der Waals surface area contributed by atoms with E-state index in [1.54, 1.807) is 20.8 Å². The van der Waals surface area contributed by atoms with Gasteiger partial charge in [-0.3, -0.25) is 10.3 Å². The number of ether oxygens (including phenoxy) is 1. The van der Waals surface area contributed by atoms with Gasteiger partial charge in [-0.15, -0.1) is 0 Å². The molecule has 2 atom stereocenters. The zero-order valence-electron chi connectivity index (χ0n) is 12.0. The highest BCUT2D eigenvalue weighted by Crippen LogP contribution is 2.09. The average Bonchev–Trinajstić information content (AvgIpc) is 2.24. The van der Waals surface area contributed by atoms with Crippen LogP contribution < -0.4 is 5.73 Å². The third kappa shape index (κ3) is 11.9. The number of carbonyl (C=O) groups is 1. The van der Waals surface area contributed by atoms with Gasteiger partial charge in [-0.05, 0) is 26.7 Å². The molecule has 0 aliphatic heterocycles. The maximum absolute atomic E-state index is 10.6.